The van der Waals surface area contributed by atoms with Gasteiger partial charge >= 0.3 is 6.80 Å². The van der Waals surface area contributed by atoms with Crippen molar-refractivity contribution < 1.29 is 18.7 Å². The van der Waals surface area contributed by atoms with Gasteiger partial charge in [0.1, 0.15) is 0 Å². The molecule has 0 aliphatic rings. The van der Waals surface area contributed by atoms with Crippen LogP contribution in [0.15, 0.2) is 30.5 Å². The summed E-state index contributed by atoms with van der Waals surface area (Å²) in [6.07, 6.45) is 2.29. The fraction of sp³-hybridized carbons (Fsp3) is 0.333. The number of phenolic OH excluding ortho intramolecular Hbond substituents is 1. The lowest BCUT2D eigenvalue weighted by atomic mass is 10.1. The van der Waals surface area contributed by atoms with Crippen LogP contribution in [0.4, 0.5) is 0 Å². The number of rotatable bonds is 8. The van der Waals surface area contributed by atoms with E-state index in [0.717, 1.165) is 17.8 Å². The monoisotopic (exact) mass is 388 g/mol. The quantitative estimate of drug-likeness (QED) is 0.624. The van der Waals surface area contributed by atoms with E-state index in [1.165, 1.54) is 12.3 Å². The molecule has 9 heteroatoms. The molecule has 0 bridgehead atoms. The Balaban J connectivity index is 2.46. The van der Waals surface area contributed by atoms with Crippen LogP contribution in [0, 0.1) is 0 Å². The van der Waals surface area contributed by atoms with E-state index in [4.69, 9.17) is 20.6 Å². The van der Waals surface area contributed by atoms with Crippen molar-refractivity contribution in [2.24, 2.45) is 0 Å². The number of hydrogen-bond donors (Lipinski definition) is 1. The highest BCUT2D eigenvalue weighted by Crippen LogP contribution is 2.62. The molecule has 0 aliphatic carbocycles. The average Bonchev–Trinajstić information content (AvgIpc) is 2.56. The minimum Gasteiger partial charge on any atom is -0.504 e. The molecular weight excluding hydrogens is 371 g/mol. The summed E-state index contributed by atoms with van der Waals surface area (Å²) >= 11 is 7.18. The lowest BCUT2D eigenvalue weighted by molar-refractivity contribution is 0.292. The number of aromatic nitrogens is 2. The number of hydrogen-bond acceptors (Lipinski definition) is 7. The Kier molecular flexibility index (Phi) is 6.92. The molecule has 1 heterocycles. The summed E-state index contributed by atoms with van der Waals surface area (Å²) in [4.78, 5) is 0. The molecule has 0 saturated heterocycles. The maximum absolute atomic E-state index is 12.9. The normalized spacial score (nSPS) is 13.5. The van der Waals surface area contributed by atoms with E-state index in [0.29, 0.717) is 16.9 Å². The van der Waals surface area contributed by atoms with E-state index in [9.17, 15) is 9.67 Å². The van der Waals surface area contributed by atoms with Crippen LogP contribution >= 0.6 is 29.8 Å². The maximum atomic E-state index is 12.9. The first kappa shape index (κ1) is 19.1. The number of aromatic hydroxyl groups is 1. The fourth-order valence-electron chi connectivity index (χ4n) is 1.91. The molecule has 0 amide bonds. The van der Waals surface area contributed by atoms with Crippen LogP contribution in [0.3, 0.4) is 0 Å². The number of nitrogens with zero attached hydrogens (tertiary/aromatic N) is 2. The molecule has 0 saturated carbocycles. The van der Waals surface area contributed by atoms with Gasteiger partial charge in [0.2, 0.25) is 0 Å². The number of phenols is 1. The van der Waals surface area contributed by atoms with Crippen molar-refractivity contribution in [2.45, 2.75) is 20.3 Å². The van der Waals surface area contributed by atoms with E-state index in [1.54, 1.807) is 25.1 Å². The highest BCUT2D eigenvalue weighted by atomic mass is 35.5. The van der Waals surface area contributed by atoms with Gasteiger partial charge in [0.05, 0.1) is 12.8 Å². The standard InChI is InChI=1S/C15H18ClN2O4PS/c1-3-10-24-23(20,21-4-2)22-14-11(6-5-7-13(14)19)12-8-9-17-18-15(12)16/h5-9,19H,3-4,10H2,1-2H3. The minimum atomic E-state index is -3.47. The third-order valence-corrected chi connectivity index (χ3v) is 7.11. The van der Waals surface area contributed by atoms with E-state index < -0.39 is 6.80 Å². The molecule has 1 aromatic carbocycles. The van der Waals surface area contributed by atoms with Crippen molar-refractivity contribution in [1.82, 2.24) is 10.2 Å². The van der Waals surface area contributed by atoms with E-state index >= 15 is 0 Å². The second kappa shape index (κ2) is 8.72. The van der Waals surface area contributed by atoms with Crippen molar-refractivity contribution >= 4 is 29.8 Å². The number of benzene rings is 1. The number of para-hydroxylation sites is 1. The van der Waals surface area contributed by atoms with Gasteiger partial charge in [0.15, 0.2) is 16.7 Å². The van der Waals surface area contributed by atoms with Crippen molar-refractivity contribution in [2.75, 3.05) is 12.4 Å². The van der Waals surface area contributed by atoms with Gasteiger partial charge in [-0.2, -0.15) is 5.10 Å². The Labute approximate surface area is 149 Å². The zero-order valence-electron chi connectivity index (χ0n) is 13.3. The molecule has 2 aromatic rings. The zero-order chi connectivity index (χ0) is 17.6. The molecule has 6 nitrogen and oxygen atoms in total. The van der Waals surface area contributed by atoms with Crippen molar-refractivity contribution in [3.05, 3.63) is 35.6 Å². The van der Waals surface area contributed by atoms with Gasteiger partial charge in [-0.3, -0.25) is 4.52 Å². The molecule has 0 fully saturated rings. The molecule has 130 valence electrons. The predicted molar refractivity (Wildman–Crippen MR) is 96.8 cm³/mol. The highest BCUT2D eigenvalue weighted by molar-refractivity contribution is 8.55. The van der Waals surface area contributed by atoms with Crippen LogP contribution in [0.1, 0.15) is 20.3 Å². The Hall–Kier alpha value is -1.27. The average molecular weight is 389 g/mol. The van der Waals surface area contributed by atoms with E-state index in [-0.39, 0.29) is 23.3 Å². The largest absolute Gasteiger partial charge is 0.504 e. The first-order valence-electron chi connectivity index (χ1n) is 7.39. The Morgan fingerprint density at radius 1 is 1.29 bits per heavy atom. The molecule has 0 aliphatic heterocycles. The first-order valence-corrected chi connectivity index (χ1v) is 10.9. The summed E-state index contributed by atoms with van der Waals surface area (Å²) in [5, 5.41) is 17.8. The predicted octanol–water partition coefficient (Wildman–Crippen LogP) is 5.17. The maximum Gasteiger partial charge on any atom is 0.440 e. The summed E-state index contributed by atoms with van der Waals surface area (Å²) < 4.78 is 23.9. The summed E-state index contributed by atoms with van der Waals surface area (Å²) in [5.74, 6) is 0.503. The summed E-state index contributed by atoms with van der Waals surface area (Å²) in [5.41, 5.74) is 0.980. The third kappa shape index (κ3) is 4.63. The smallest absolute Gasteiger partial charge is 0.440 e. The molecule has 2 rings (SSSR count). The van der Waals surface area contributed by atoms with Gasteiger partial charge in [-0.25, -0.2) is 4.57 Å². The van der Waals surface area contributed by atoms with Gasteiger partial charge in [-0.05, 0) is 36.9 Å². The molecule has 0 radical (unpaired) electrons. The van der Waals surface area contributed by atoms with Crippen LogP contribution in [0.2, 0.25) is 5.15 Å². The van der Waals surface area contributed by atoms with Crippen molar-refractivity contribution in [3.8, 4) is 22.6 Å². The first-order chi connectivity index (χ1) is 11.5. The Morgan fingerprint density at radius 2 is 2.08 bits per heavy atom. The molecule has 0 spiro atoms. The third-order valence-electron chi connectivity index (χ3n) is 2.90. The van der Waals surface area contributed by atoms with Gasteiger partial charge in [-0.1, -0.05) is 30.7 Å². The van der Waals surface area contributed by atoms with Crippen LogP contribution in [-0.4, -0.2) is 27.7 Å². The zero-order valence-corrected chi connectivity index (χ0v) is 15.8. The second-order valence-corrected chi connectivity index (χ2v) is 9.15. The molecule has 1 unspecified atom stereocenters. The van der Waals surface area contributed by atoms with Crippen LogP contribution in [0.5, 0.6) is 11.5 Å². The lowest BCUT2D eigenvalue weighted by Crippen LogP contribution is -1.98. The second-order valence-electron chi connectivity index (χ2n) is 4.68. The Bertz CT molecular complexity index is 747. The Morgan fingerprint density at radius 3 is 2.75 bits per heavy atom. The van der Waals surface area contributed by atoms with Crippen molar-refractivity contribution in [1.29, 1.82) is 0 Å². The summed E-state index contributed by atoms with van der Waals surface area (Å²) in [7, 11) is 0. The van der Waals surface area contributed by atoms with E-state index in [1.807, 2.05) is 6.92 Å². The van der Waals surface area contributed by atoms with Crippen LogP contribution in [-0.2, 0) is 9.09 Å². The molecule has 1 aromatic heterocycles. The number of halogens is 1. The topological polar surface area (TPSA) is 81.5 Å². The van der Waals surface area contributed by atoms with Gasteiger partial charge < -0.3 is 9.63 Å². The molecule has 1 atom stereocenters. The van der Waals surface area contributed by atoms with Gasteiger partial charge in [-0.15, -0.1) is 5.10 Å². The highest BCUT2D eigenvalue weighted by Gasteiger charge is 2.29. The molecular formula is C15H18ClN2O4PS. The molecule has 1 N–H and O–H groups in total. The molecule has 24 heavy (non-hydrogen) atoms. The summed E-state index contributed by atoms with van der Waals surface area (Å²) in [6, 6.07) is 6.42. The SMILES string of the molecule is CCCSP(=O)(OCC)Oc1c(O)cccc1-c1ccnnc1Cl. The van der Waals surface area contributed by atoms with Crippen LogP contribution in [0.25, 0.3) is 11.1 Å². The van der Waals surface area contributed by atoms with Gasteiger partial charge in [0, 0.05) is 16.9 Å². The summed E-state index contributed by atoms with van der Waals surface area (Å²) in [6.45, 7) is 0.464. The van der Waals surface area contributed by atoms with Crippen molar-refractivity contribution in [3.63, 3.8) is 0 Å². The fourth-order valence-corrected chi connectivity index (χ4v) is 5.58. The lowest BCUT2D eigenvalue weighted by Gasteiger charge is -2.20. The van der Waals surface area contributed by atoms with E-state index in [2.05, 4.69) is 10.2 Å². The van der Waals surface area contributed by atoms with Gasteiger partial charge in [0.25, 0.3) is 0 Å². The van der Waals surface area contributed by atoms with Crippen LogP contribution < -0.4 is 4.52 Å². The minimum absolute atomic E-state index is 0.0489.